The van der Waals surface area contributed by atoms with Crippen molar-refractivity contribution in [1.29, 1.82) is 0 Å². The zero-order chi connectivity index (χ0) is 18.6. The van der Waals surface area contributed by atoms with E-state index in [0.717, 1.165) is 38.0 Å². The Hall–Kier alpha value is -2.06. The third kappa shape index (κ3) is 4.56. The van der Waals surface area contributed by atoms with Crippen molar-refractivity contribution in [2.24, 2.45) is 0 Å². The predicted molar refractivity (Wildman–Crippen MR) is 101 cm³/mol. The molecule has 1 N–H and O–H groups in total. The standard InChI is InChI=1S/C18H25N5O2S/c1-23(11-8-15-7-3-4-10-20-15)18-21-13-16(26(2,24)25)17(22-18)14-6-5-9-19-12-14/h3-4,7,10,13-14,19H,5-6,8-9,11-12H2,1-2H3/t14-/m1/s1. The molecule has 26 heavy (non-hydrogen) atoms. The molecule has 0 aromatic carbocycles. The summed E-state index contributed by atoms with van der Waals surface area (Å²) in [5, 5.41) is 3.33. The number of nitrogens with one attached hydrogen (secondary N) is 1. The largest absolute Gasteiger partial charge is 0.343 e. The first kappa shape index (κ1) is 18.7. The summed E-state index contributed by atoms with van der Waals surface area (Å²) in [6.07, 6.45) is 7.18. The maximum atomic E-state index is 12.2. The monoisotopic (exact) mass is 375 g/mol. The Kier molecular flexibility index (Phi) is 5.83. The van der Waals surface area contributed by atoms with Gasteiger partial charge in [0.15, 0.2) is 9.84 Å². The van der Waals surface area contributed by atoms with Gasteiger partial charge in [-0.05, 0) is 31.5 Å². The van der Waals surface area contributed by atoms with E-state index in [2.05, 4.69) is 20.3 Å². The van der Waals surface area contributed by atoms with Gasteiger partial charge in [0.25, 0.3) is 0 Å². The van der Waals surface area contributed by atoms with Crippen LogP contribution in [0, 0.1) is 0 Å². The first-order chi connectivity index (χ1) is 12.4. The molecular weight excluding hydrogens is 350 g/mol. The van der Waals surface area contributed by atoms with Crippen LogP contribution in [-0.2, 0) is 16.3 Å². The molecule has 7 nitrogen and oxygen atoms in total. The SMILES string of the molecule is CN(CCc1ccccn1)c1ncc(S(C)(=O)=O)c([C@@H]2CCCNC2)n1. The van der Waals surface area contributed by atoms with Crippen molar-refractivity contribution in [3.05, 3.63) is 42.0 Å². The third-order valence-electron chi connectivity index (χ3n) is 4.62. The molecule has 140 valence electrons. The number of aromatic nitrogens is 3. The van der Waals surface area contributed by atoms with Crippen molar-refractivity contribution < 1.29 is 8.42 Å². The highest BCUT2D eigenvalue weighted by atomic mass is 32.2. The minimum atomic E-state index is -3.36. The molecule has 0 saturated carbocycles. The van der Waals surface area contributed by atoms with Crippen LogP contribution in [0.5, 0.6) is 0 Å². The van der Waals surface area contributed by atoms with Crippen molar-refractivity contribution in [1.82, 2.24) is 20.3 Å². The molecule has 0 aliphatic carbocycles. The van der Waals surface area contributed by atoms with Crippen molar-refractivity contribution in [2.75, 3.05) is 37.8 Å². The minimum absolute atomic E-state index is 0.0967. The number of sulfone groups is 1. The highest BCUT2D eigenvalue weighted by Crippen LogP contribution is 2.28. The van der Waals surface area contributed by atoms with Crippen LogP contribution in [0.25, 0.3) is 0 Å². The van der Waals surface area contributed by atoms with E-state index in [4.69, 9.17) is 0 Å². The van der Waals surface area contributed by atoms with Gasteiger partial charge in [0, 0.05) is 50.6 Å². The van der Waals surface area contributed by atoms with Crippen LogP contribution in [0.1, 0.15) is 30.1 Å². The van der Waals surface area contributed by atoms with Crippen LogP contribution in [0.15, 0.2) is 35.5 Å². The molecule has 0 bridgehead atoms. The number of pyridine rings is 1. The van der Waals surface area contributed by atoms with Gasteiger partial charge in [-0.3, -0.25) is 4.98 Å². The number of anilines is 1. The number of nitrogens with zero attached hydrogens (tertiary/aromatic N) is 4. The Bertz CT molecular complexity index is 836. The van der Waals surface area contributed by atoms with Gasteiger partial charge in [0.05, 0.1) is 11.9 Å². The second-order valence-corrected chi connectivity index (χ2v) is 8.71. The van der Waals surface area contributed by atoms with E-state index in [0.29, 0.717) is 18.2 Å². The lowest BCUT2D eigenvalue weighted by Crippen LogP contribution is -2.31. The van der Waals surface area contributed by atoms with Gasteiger partial charge < -0.3 is 10.2 Å². The summed E-state index contributed by atoms with van der Waals surface area (Å²) >= 11 is 0. The maximum absolute atomic E-state index is 12.2. The Morgan fingerprint density at radius 3 is 2.81 bits per heavy atom. The van der Waals surface area contributed by atoms with Crippen LogP contribution in [-0.4, -0.2) is 56.3 Å². The fourth-order valence-corrected chi connectivity index (χ4v) is 3.99. The lowest BCUT2D eigenvalue weighted by Gasteiger charge is -2.25. The molecule has 1 fully saturated rings. The molecule has 1 aliphatic rings. The normalized spacial score (nSPS) is 17.8. The average molecular weight is 375 g/mol. The van der Waals surface area contributed by atoms with Crippen molar-refractivity contribution in [3.63, 3.8) is 0 Å². The third-order valence-corrected chi connectivity index (χ3v) is 5.74. The second-order valence-electron chi connectivity index (χ2n) is 6.73. The van der Waals surface area contributed by atoms with Crippen LogP contribution < -0.4 is 10.2 Å². The average Bonchev–Trinajstić information content (AvgIpc) is 2.66. The number of hydrogen-bond acceptors (Lipinski definition) is 7. The van der Waals surface area contributed by atoms with Crippen molar-refractivity contribution in [3.8, 4) is 0 Å². The highest BCUT2D eigenvalue weighted by Gasteiger charge is 2.25. The van der Waals surface area contributed by atoms with Crippen molar-refractivity contribution in [2.45, 2.75) is 30.1 Å². The molecule has 2 aromatic rings. The van der Waals surface area contributed by atoms with Gasteiger partial charge in [-0.15, -0.1) is 0 Å². The molecule has 0 spiro atoms. The molecule has 2 aromatic heterocycles. The second kappa shape index (κ2) is 8.09. The molecule has 0 unspecified atom stereocenters. The van der Waals surface area contributed by atoms with Crippen LogP contribution in [0.2, 0.25) is 0 Å². The summed E-state index contributed by atoms with van der Waals surface area (Å²) in [6, 6.07) is 5.85. The molecule has 1 saturated heterocycles. The van der Waals surface area contributed by atoms with Gasteiger partial charge >= 0.3 is 0 Å². The predicted octanol–water partition coefficient (Wildman–Crippen LogP) is 1.42. The van der Waals surface area contributed by atoms with E-state index < -0.39 is 9.84 Å². The summed E-state index contributed by atoms with van der Waals surface area (Å²) in [5.74, 6) is 0.647. The number of piperidine rings is 1. The summed E-state index contributed by atoms with van der Waals surface area (Å²) < 4.78 is 24.3. The van der Waals surface area contributed by atoms with Gasteiger partial charge in [0.1, 0.15) is 4.90 Å². The number of likely N-dealkylation sites (N-methyl/N-ethyl adjacent to an activating group) is 1. The molecule has 8 heteroatoms. The lowest BCUT2D eigenvalue weighted by atomic mass is 9.96. The molecule has 1 atom stereocenters. The Morgan fingerprint density at radius 2 is 2.15 bits per heavy atom. The molecule has 0 radical (unpaired) electrons. The van der Waals surface area contributed by atoms with Gasteiger partial charge in [-0.25, -0.2) is 18.4 Å². The summed E-state index contributed by atoms with van der Waals surface area (Å²) in [4.78, 5) is 15.5. The lowest BCUT2D eigenvalue weighted by molar-refractivity contribution is 0.447. The summed E-state index contributed by atoms with van der Waals surface area (Å²) in [6.45, 7) is 2.42. The Morgan fingerprint density at radius 1 is 1.31 bits per heavy atom. The minimum Gasteiger partial charge on any atom is -0.343 e. The van der Waals surface area contributed by atoms with E-state index in [1.165, 1.54) is 12.5 Å². The summed E-state index contributed by atoms with van der Waals surface area (Å²) in [5.41, 5.74) is 1.64. The highest BCUT2D eigenvalue weighted by molar-refractivity contribution is 7.90. The van der Waals surface area contributed by atoms with Gasteiger partial charge in [-0.1, -0.05) is 6.07 Å². The smallest absolute Gasteiger partial charge is 0.225 e. The molecule has 3 heterocycles. The fourth-order valence-electron chi connectivity index (χ4n) is 3.15. The topological polar surface area (TPSA) is 88.1 Å². The van der Waals surface area contributed by atoms with Crippen molar-refractivity contribution >= 4 is 15.8 Å². The first-order valence-corrected chi connectivity index (χ1v) is 10.7. The van der Waals surface area contributed by atoms with Crippen LogP contribution in [0.4, 0.5) is 5.95 Å². The Labute approximate surface area is 154 Å². The zero-order valence-electron chi connectivity index (χ0n) is 15.2. The van der Waals surface area contributed by atoms with E-state index in [1.54, 1.807) is 6.20 Å². The zero-order valence-corrected chi connectivity index (χ0v) is 16.0. The van der Waals surface area contributed by atoms with E-state index in [-0.39, 0.29) is 10.8 Å². The van der Waals surface area contributed by atoms with Gasteiger partial charge in [-0.2, -0.15) is 0 Å². The molecule has 1 aliphatic heterocycles. The van der Waals surface area contributed by atoms with Crippen LogP contribution in [0.3, 0.4) is 0 Å². The quantitative estimate of drug-likeness (QED) is 0.817. The summed E-state index contributed by atoms with van der Waals surface area (Å²) in [7, 11) is -1.44. The molecular formula is C18H25N5O2S. The number of hydrogen-bond donors (Lipinski definition) is 1. The van der Waals surface area contributed by atoms with Crippen LogP contribution >= 0.6 is 0 Å². The maximum Gasteiger partial charge on any atom is 0.225 e. The fraction of sp³-hybridized carbons (Fsp3) is 0.500. The van der Waals surface area contributed by atoms with E-state index in [9.17, 15) is 8.42 Å². The molecule has 3 rings (SSSR count). The van der Waals surface area contributed by atoms with E-state index in [1.807, 2.05) is 30.1 Å². The van der Waals surface area contributed by atoms with E-state index >= 15 is 0 Å². The first-order valence-electron chi connectivity index (χ1n) is 8.84. The molecule has 0 amide bonds. The Balaban J connectivity index is 1.83. The van der Waals surface area contributed by atoms with Gasteiger partial charge in [0.2, 0.25) is 5.95 Å². The number of rotatable bonds is 6.